The summed E-state index contributed by atoms with van der Waals surface area (Å²) in [6.45, 7) is 1.75. The summed E-state index contributed by atoms with van der Waals surface area (Å²) in [5, 5.41) is 2.14. The predicted molar refractivity (Wildman–Crippen MR) is 68.0 cm³/mol. The zero-order chi connectivity index (χ0) is 14.0. The first kappa shape index (κ1) is 12.8. The molecule has 1 aliphatic heterocycles. The molecule has 1 aliphatic rings. The van der Waals surface area contributed by atoms with E-state index in [4.69, 9.17) is 6.42 Å². The van der Waals surface area contributed by atoms with Crippen LogP contribution in [-0.4, -0.2) is 29.3 Å². The number of rotatable bonds is 2. The van der Waals surface area contributed by atoms with Gasteiger partial charge in [-0.1, -0.05) is 35.7 Å². The van der Waals surface area contributed by atoms with E-state index >= 15 is 0 Å². The number of nitrogens with one attached hydrogen (secondary N) is 1. The maximum Gasteiger partial charge on any atom is 0.331 e. The Morgan fingerprint density at radius 3 is 2.47 bits per heavy atom. The molecule has 1 aromatic rings. The number of benzene rings is 1. The van der Waals surface area contributed by atoms with Crippen LogP contribution in [0.3, 0.4) is 0 Å². The number of imide groups is 2. The molecular weight excluding hydrogens is 244 g/mol. The quantitative estimate of drug-likeness (QED) is 0.628. The second kappa shape index (κ2) is 4.94. The van der Waals surface area contributed by atoms with Gasteiger partial charge in [-0.15, -0.1) is 6.42 Å². The van der Waals surface area contributed by atoms with Crippen molar-refractivity contribution < 1.29 is 14.4 Å². The molecule has 0 aromatic heterocycles. The Bertz CT molecular complexity index is 584. The molecule has 19 heavy (non-hydrogen) atoms. The number of aryl methyl sites for hydroxylation is 1. The van der Waals surface area contributed by atoms with Crippen LogP contribution in [0.25, 0.3) is 0 Å². The van der Waals surface area contributed by atoms with E-state index in [0.717, 1.165) is 10.5 Å². The second-order valence-corrected chi connectivity index (χ2v) is 4.27. The molecule has 1 heterocycles. The van der Waals surface area contributed by atoms with Gasteiger partial charge in [0.05, 0.1) is 6.54 Å². The van der Waals surface area contributed by atoms with E-state index in [9.17, 15) is 14.4 Å². The highest BCUT2D eigenvalue weighted by Gasteiger charge is 2.40. The fraction of sp³-hybridized carbons (Fsp3) is 0.214. The number of terminal acetylenes is 1. The van der Waals surface area contributed by atoms with Crippen molar-refractivity contribution in [3.8, 4) is 12.3 Å². The van der Waals surface area contributed by atoms with Gasteiger partial charge in [0.25, 0.3) is 0 Å². The van der Waals surface area contributed by atoms with E-state index in [1.807, 2.05) is 6.92 Å². The number of hydrogen-bond acceptors (Lipinski definition) is 3. The third kappa shape index (κ3) is 2.33. The Labute approximate surface area is 110 Å². The lowest BCUT2D eigenvalue weighted by Gasteiger charge is -2.29. The molecule has 5 heteroatoms. The van der Waals surface area contributed by atoms with Crippen LogP contribution in [0, 0.1) is 19.3 Å². The van der Waals surface area contributed by atoms with Crippen LogP contribution in [0.15, 0.2) is 24.3 Å². The number of barbiturate groups is 1. The molecule has 96 valence electrons. The van der Waals surface area contributed by atoms with Gasteiger partial charge in [0.2, 0.25) is 11.8 Å². The number of amides is 4. The molecule has 1 fully saturated rings. The molecule has 0 radical (unpaired) electrons. The smallest absolute Gasteiger partial charge is 0.277 e. The van der Waals surface area contributed by atoms with Crippen LogP contribution in [-0.2, 0) is 9.59 Å². The molecule has 5 nitrogen and oxygen atoms in total. The molecule has 1 atom stereocenters. The number of carbonyl (C=O) groups is 3. The van der Waals surface area contributed by atoms with Crippen LogP contribution in [0.2, 0.25) is 0 Å². The first-order chi connectivity index (χ1) is 9.04. The monoisotopic (exact) mass is 256 g/mol. The topological polar surface area (TPSA) is 66.5 Å². The summed E-state index contributed by atoms with van der Waals surface area (Å²) in [6.07, 6.45) is 5.11. The zero-order valence-corrected chi connectivity index (χ0v) is 10.3. The van der Waals surface area contributed by atoms with Crippen LogP contribution in [0.4, 0.5) is 4.79 Å². The first-order valence-corrected chi connectivity index (χ1v) is 5.71. The number of hydrogen-bond donors (Lipinski definition) is 1. The minimum absolute atomic E-state index is 0.152. The van der Waals surface area contributed by atoms with Gasteiger partial charge in [-0.2, -0.15) is 0 Å². The third-order valence-electron chi connectivity index (χ3n) is 2.91. The van der Waals surface area contributed by atoms with Crippen LogP contribution in [0.5, 0.6) is 0 Å². The van der Waals surface area contributed by atoms with Crippen molar-refractivity contribution in [2.24, 2.45) is 0 Å². The van der Waals surface area contributed by atoms with E-state index in [1.165, 1.54) is 0 Å². The molecule has 1 aromatic carbocycles. The van der Waals surface area contributed by atoms with E-state index in [1.54, 1.807) is 24.3 Å². The van der Waals surface area contributed by atoms with Gasteiger partial charge in [0, 0.05) is 0 Å². The second-order valence-electron chi connectivity index (χ2n) is 4.27. The summed E-state index contributed by atoms with van der Waals surface area (Å²) in [7, 11) is 0. The fourth-order valence-electron chi connectivity index (χ4n) is 1.91. The highest BCUT2D eigenvalue weighted by Crippen LogP contribution is 2.22. The van der Waals surface area contributed by atoms with Gasteiger partial charge < -0.3 is 0 Å². The van der Waals surface area contributed by atoms with Crippen LogP contribution >= 0.6 is 0 Å². The molecule has 0 aliphatic carbocycles. The number of carbonyl (C=O) groups excluding carboxylic acids is 3. The summed E-state index contributed by atoms with van der Waals surface area (Å²) < 4.78 is 0. The molecule has 0 saturated carbocycles. The molecule has 2 rings (SSSR count). The van der Waals surface area contributed by atoms with Crippen molar-refractivity contribution >= 4 is 17.8 Å². The van der Waals surface area contributed by atoms with Crippen molar-refractivity contribution in [2.75, 3.05) is 6.54 Å². The Kier molecular flexibility index (Phi) is 3.34. The Morgan fingerprint density at radius 1 is 1.26 bits per heavy atom. The zero-order valence-electron chi connectivity index (χ0n) is 10.3. The Balaban J connectivity index is 2.36. The van der Waals surface area contributed by atoms with Gasteiger partial charge in [-0.3, -0.25) is 19.8 Å². The Hall–Kier alpha value is -2.61. The normalized spacial score (nSPS) is 19.1. The summed E-state index contributed by atoms with van der Waals surface area (Å²) in [5.74, 6) is -0.000305. The number of urea groups is 1. The summed E-state index contributed by atoms with van der Waals surface area (Å²) in [6, 6.07) is 6.23. The van der Waals surface area contributed by atoms with Crippen molar-refractivity contribution in [1.29, 1.82) is 0 Å². The van der Waals surface area contributed by atoms with Gasteiger partial charge in [-0.25, -0.2) is 4.79 Å². The van der Waals surface area contributed by atoms with Crippen molar-refractivity contribution in [1.82, 2.24) is 10.2 Å². The highest BCUT2D eigenvalue weighted by molar-refractivity contribution is 6.19. The molecule has 1 unspecified atom stereocenters. The SMILES string of the molecule is C#CCN1C(=O)NC(=O)C(c2ccc(C)cc2)C1=O. The summed E-state index contributed by atoms with van der Waals surface area (Å²) >= 11 is 0. The minimum atomic E-state index is -1.02. The van der Waals surface area contributed by atoms with Crippen molar-refractivity contribution in [3.63, 3.8) is 0 Å². The van der Waals surface area contributed by atoms with Crippen molar-refractivity contribution in [3.05, 3.63) is 35.4 Å². The van der Waals surface area contributed by atoms with Gasteiger partial charge in [-0.05, 0) is 12.5 Å². The fourth-order valence-corrected chi connectivity index (χ4v) is 1.91. The average molecular weight is 256 g/mol. The predicted octanol–water partition coefficient (Wildman–Crippen LogP) is 0.790. The van der Waals surface area contributed by atoms with Gasteiger partial charge >= 0.3 is 6.03 Å². The molecule has 0 bridgehead atoms. The summed E-state index contributed by atoms with van der Waals surface area (Å²) in [4.78, 5) is 36.4. The third-order valence-corrected chi connectivity index (χ3v) is 2.91. The maximum atomic E-state index is 12.2. The lowest BCUT2D eigenvalue weighted by atomic mass is 9.94. The molecule has 1 N–H and O–H groups in total. The van der Waals surface area contributed by atoms with E-state index in [-0.39, 0.29) is 6.54 Å². The largest absolute Gasteiger partial charge is 0.331 e. The van der Waals surface area contributed by atoms with Gasteiger partial charge in [0.1, 0.15) is 5.92 Å². The molecule has 0 spiro atoms. The van der Waals surface area contributed by atoms with Crippen LogP contribution < -0.4 is 5.32 Å². The van der Waals surface area contributed by atoms with E-state index in [2.05, 4.69) is 11.2 Å². The summed E-state index contributed by atoms with van der Waals surface area (Å²) in [5.41, 5.74) is 1.56. The average Bonchev–Trinajstić information content (AvgIpc) is 2.36. The number of nitrogens with zero attached hydrogens (tertiary/aromatic N) is 1. The first-order valence-electron chi connectivity index (χ1n) is 5.71. The lowest BCUT2D eigenvalue weighted by molar-refractivity contribution is -0.138. The van der Waals surface area contributed by atoms with Gasteiger partial charge in [0.15, 0.2) is 0 Å². The maximum absolute atomic E-state index is 12.2. The van der Waals surface area contributed by atoms with E-state index < -0.39 is 23.8 Å². The molecular formula is C14H12N2O3. The van der Waals surface area contributed by atoms with E-state index in [0.29, 0.717) is 5.56 Å². The van der Waals surface area contributed by atoms with Crippen LogP contribution in [0.1, 0.15) is 17.0 Å². The minimum Gasteiger partial charge on any atom is -0.277 e. The molecule has 1 saturated heterocycles. The highest BCUT2D eigenvalue weighted by atomic mass is 16.2. The van der Waals surface area contributed by atoms with Crippen molar-refractivity contribution in [2.45, 2.75) is 12.8 Å². The standard InChI is InChI=1S/C14H12N2O3/c1-3-8-16-13(18)11(12(17)15-14(16)19)10-6-4-9(2)5-7-10/h1,4-7,11H,8H2,2H3,(H,15,17,19). The molecule has 4 amide bonds. The lowest BCUT2D eigenvalue weighted by Crippen LogP contribution is -2.56. The Morgan fingerprint density at radius 2 is 1.89 bits per heavy atom.